The molecule has 0 radical (unpaired) electrons. The zero-order valence-electron chi connectivity index (χ0n) is 13.6. The maximum Gasteiger partial charge on any atom is 0.323 e. The van der Waals surface area contributed by atoms with Crippen LogP contribution < -0.4 is 4.90 Å². The normalized spacial score (nSPS) is 15.8. The van der Waals surface area contributed by atoms with Crippen molar-refractivity contribution in [2.45, 2.75) is 25.7 Å². The quantitative estimate of drug-likeness (QED) is 0.841. The van der Waals surface area contributed by atoms with Crippen molar-refractivity contribution in [1.29, 1.82) is 0 Å². The first kappa shape index (κ1) is 16.0. The molecule has 0 aliphatic carbocycles. The SMILES string of the molecule is CN(C)c1nc(CCC2CCN(C(=O)c3ccsc3)CC2)no1. The molecule has 1 aliphatic heterocycles. The van der Waals surface area contributed by atoms with Crippen molar-refractivity contribution < 1.29 is 9.32 Å². The van der Waals surface area contributed by atoms with Crippen LogP contribution >= 0.6 is 11.3 Å². The fourth-order valence-electron chi connectivity index (χ4n) is 2.85. The number of hydrogen-bond acceptors (Lipinski definition) is 6. The average Bonchev–Trinajstić information content (AvgIpc) is 3.24. The molecule has 23 heavy (non-hydrogen) atoms. The molecule has 2 aromatic heterocycles. The summed E-state index contributed by atoms with van der Waals surface area (Å²) >= 11 is 1.57. The molecule has 1 aliphatic rings. The van der Waals surface area contributed by atoms with Gasteiger partial charge in [-0.25, -0.2) is 0 Å². The number of amides is 1. The molecule has 0 bridgehead atoms. The summed E-state index contributed by atoms with van der Waals surface area (Å²) in [5.74, 6) is 1.56. The molecule has 124 valence electrons. The van der Waals surface area contributed by atoms with E-state index in [0.29, 0.717) is 11.9 Å². The Morgan fingerprint density at radius 1 is 1.43 bits per heavy atom. The van der Waals surface area contributed by atoms with E-state index in [1.54, 1.807) is 11.3 Å². The third-order valence-electron chi connectivity index (χ3n) is 4.29. The second-order valence-corrected chi connectivity index (χ2v) is 6.95. The van der Waals surface area contributed by atoms with Gasteiger partial charge in [0.1, 0.15) is 0 Å². The highest BCUT2D eigenvalue weighted by atomic mass is 32.1. The van der Waals surface area contributed by atoms with Crippen LogP contribution in [0.3, 0.4) is 0 Å². The Kier molecular flexibility index (Phi) is 4.95. The number of carbonyl (C=O) groups is 1. The monoisotopic (exact) mass is 334 g/mol. The van der Waals surface area contributed by atoms with Crippen LogP contribution in [0.15, 0.2) is 21.3 Å². The van der Waals surface area contributed by atoms with Crippen molar-refractivity contribution in [1.82, 2.24) is 15.0 Å². The number of nitrogens with zero attached hydrogens (tertiary/aromatic N) is 4. The van der Waals surface area contributed by atoms with Crippen molar-refractivity contribution in [3.05, 3.63) is 28.2 Å². The number of likely N-dealkylation sites (tertiary alicyclic amines) is 1. The van der Waals surface area contributed by atoms with E-state index in [2.05, 4.69) is 10.1 Å². The van der Waals surface area contributed by atoms with E-state index in [4.69, 9.17) is 4.52 Å². The van der Waals surface area contributed by atoms with E-state index in [1.165, 1.54) is 0 Å². The molecule has 0 saturated carbocycles. The molecule has 1 fully saturated rings. The highest BCUT2D eigenvalue weighted by Gasteiger charge is 2.24. The minimum atomic E-state index is 0.165. The van der Waals surface area contributed by atoms with Crippen LogP contribution in [0.5, 0.6) is 0 Å². The number of aryl methyl sites for hydroxylation is 1. The average molecular weight is 334 g/mol. The van der Waals surface area contributed by atoms with Crippen molar-refractivity contribution in [2.75, 3.05) is 32.1 Å². The van der Waals surface area contributed by atoms with Gasteiger partial charge in [-0.15, -0.1) is 0 Å². The number of aromatic nitrogens is 2. The first-order valence-electron chi connectivity index (χ1n) is 7.95. The number of carbonyl (C=O) groups excluding carboxylic acids is 1. The minimum absolute atomic E-state index is 0.165. The Hall–Kier alpha value is -1.89. The smallest absolute Gasteiger partial charge is 0.323 e. The van der Waals surface area contributed by atoms with Crippen LogP contribution in [0.1, 0.15) is 35.4 Å². The maximum atomic E-state index is 12.3. The number of piperidine rings is 1. The standard InChI is InChI=1S/C16H22N4O2S/c1-19(2)16-17-14(18-22-16)4-3-12-5-8-20(9-6-12)15(21)13-7-10-23-11-13/h7,10-12H,3-6,8-9H2,1-2H3. The summed E-state index contributed by atoms with van der Waals surface area (Å²) in [6, 6.07) is 2.45. The van der Waals surface area contributed by atoms with Gasteiger partial charge >= 0.3 is 6.01 Å². The number of rotatable bonds is 5. The molecular formula is C16H22N4O2S. The highest BCUT2D eigenvalue weighted by molar-refractivity contribution is 7.08. The van der Waals surface area contributed by atoms with Crippen LogP contribution in [0, 0.1) is 5.92 Å². The number of thiophene rings is 1. The second-order valence-electron chi connectivity index (χ2n) is 6.17. The predicted molar refractivity (Wildman–Crippen MR) is 89.9 cm³/mol. The van der Waals surface area contributed by atoms with Crippen molar-refractivity contribution in [2.24, 2.45) is 5.92 Å². The van der Waals surface area contributed by atoms with Crippen LogP contribution in [0.25, 0.3) is 0 Å². The molecular weight excluding hydrogens is 312 g/mol. The molecule has 2 aromatic rings. The predicted octanol–water partition coefficient (Wildman–Crippen LogP) is 2.68. The van der Waals surface area contributed by atoms with Crippen molar-refractivity contribution in [3.63, 3.8) is 0 Å². The highest BCUT2D eigenvalue weighted by Crippen LogP contribution is 2.24. The molecule has 7 heteroatoms. The summed E-state index contributed by atoms with van der Waals surface area (Å²) in [6.45, 7) is 1.68. The Labute approximate surface area is 140 Å². The van der Waals surface area contributed by atoms with Gasteiger partial charge < -0.3 is 14.3 Å². The lowest BCUT2D eigenvalue weighted by Gasteiger charge is -2.31. The number of anilines is 1. The van der Waals surface area contributed by atoms with Gasteiger partial charge in [0.25, 0.3) is 5.91 Å². The van der Waals surface area contributed by atoms with E-state index >= 15 is 0 Å². The van der Waals surface area contributed by atoms with Crippen LogP contribution in [0.4, 0.5) is 6.01 Å². The molecule has 0 aromatic carbocycles. The maximum absolute atomic E-state index is 12.3. The topological polar surface area (TPSA) is 62.5 Å². The molecule has 0 unspecified atom stereocenters. The first-order chi connectivity index (χ1) is 11.1. The fourth-order valence-corrected chi connectivity index (χ4v) is 3.48. The van der Waals surface area contributed by atoms with Crippen molar-refractivity contribution >= 4 is 23.3 Å². The molecule has 0 atom stereocenters. The largest absolute Gasteiger partial charge is 0.339 e. The summed E-state index contributed by atoms with van der Waals surface area (Å²) < 4.78 is 5.17. The zero-order chi connectivity index (χ0) is 16.2. The molecule has 1 saturated heterocycles. The third-order valence-corrected chi connectivity index (χ3v) is 4.97. The second kappa shape index (κ2) is 7.12. The van der Waals surface area contributed by atoms with Gasteiger partial charge in [0, 0.05) is 39.0 Å². The van der Waals surface area contributed by atoms with Crippen molar-refractivity contribution in [3.8, 4) is 0 Å². The Morgan fingerprint density at radius 3 is 2.83 bits per heavy atom. The molecule has 0 spiro atoms. The van der Waals surface area contributed by atoms with E-state index in [0.717, 1.165) is 50.2 Å². The molecule has 6 nitrogen and oxygen atoms in total. The lowest BCUT2D eigenvalue weighted by Crippen LogP contribution is -2.38. The summed E-state index contributed by atoms with van der Waals surface area (Å²) in [5.41, 5.74) is 0.816. The fraction of sp³-hybridized carbons (Fsp3) is 0.562. The molecule has 3 rings (SSSR count). The summed E-state index contributed by atoms with van der Waals surface area (Å²) in [6.07, 6.45) is 3.98. The van der Waals surface area contributed by atoms with Gasteiger partial charge in [-0.05, 0) is 36.6 Å². The summed E-state index contributed by atoms with van der Waals surface area (Å²) in [5, 5.41) is 7.88. The van der Waals surface area contributed by atoms with Gasteiger partial charge in [-0.2, -0.15) is 16.3 Å². The molecule has 1 amide bonds. The van der Waals surface area contributed by atoms with Gasteiger partial charge in [-0.1, -0.05) is 5.16 Å². The summed E-state index contributed by atoms with van der Waals surface area (Å²) in [7, 11) is 3.77. The van der Waals surface area contributed by atoms with Gasteiger partial charge in [0.15, 0.2) is 5.82 Å². The first-order valence-corrected chi connectivity index (χ1v) is 8.89. The lowest BCUT2D eigenvalue weighted by molar-refractivity contribution is 0.0687. The van der Waals surface area contributed by atoms with E-state index < -0.39 is 0 Å². The van der Waals surface area contributed by atoms with E-state index in [1.807, 2.05) is 40.7 Å². The Balaban J connectivity index is 1.45. The van der Waals surface area contributed by atoms with Gasteiger partial charge in [0.2, 0.25) is 0 Å². The Morgan fingerprint density at radius 2 is 2.22 bits per heavy atom. The van der Waals surface area contributed by atoms with Gasteiger partial charge in [-0.3, -0.25) is 4.79 Å². The van der Waals surface area contributed by atoms with Crippen LogP contribution in [-0.2, 0) is 6.42 Å². The van der Waals surface area contributed by atoms with Crippen LogP contribution in [0.2, 0.25) is 0 Å². The zero-order valence-corrected chi connectivity index (χ0v) is 14.4. The number of hydrogen-bond donors (Lipinski definition) is 0. The molecule has 0 N–H and O–H groups in total. The van der Waals surface area contributed by atoms with E-state index in [9.17, 15) is 4.79 Å². The lowest BCUT2D eigenvalue weighted by atomic mass is 9.92. The Bertz CT molecular complexity index is 630. The van der Waals surface area contributed by atoms with Gasteiger partial charge in [0.05, 0.1) is 5.56 Å². The van der Waals surface area contributed by atoms with Crippen LogP contribution in [-0.4, -0.2) is 48.1 Å². The third kappa shape index (κ3) is 3.90. The van der Waals surface area contributed by atoms with E-state index in [-0.39, 0.29) is 5.91 Å². The molecule has 3 heterocycles. The summed E-state index contributed by atoms with van der Waals surface area (Å²) in [4.78, 5) is 20.4. The minimum Gasteiger partial charge on any atom is -0.339 e.